The maximum absolute atomic E-state index is 12.0. The molecule has 0 aliphatic heterocycles. The molecule has 5 nitrogen and oxygen atoms in total. The van der Waals surface area contributed by atoms with Gasteiger partial charge < -0.3 is 19.5 Å². The van der Waals surface area contributed by atoms with Gasteiger partial charge in [0.1, 0.15) is 18.1 Å². The van der Waals surface area contributed by atoms with E-state index in [0.29, 0.717) is 18.1 Å². The van der Waals surface area contributed by atoms with Crippen molar-refractivity contribution in [1.82, 2.24) is 5.32 Å². The zero-order valence-corrected chi connectivity index (χ0v) is 14.2. The van der Waals surface area contributed by atoms with Gasteiger partial charge in [0.25, 0.3) is 0 Å². The van der Waals surface area contributed by atoms with Crippen molar-refractivity contribution in [3.63, 3.8) is 0 Å². The highest BCUT2D eigenvalue weighted by atomic mass is 16.5. The van der Waals surface area contributed by atoms with E-state index in [1.807, 2.05) is 49.4 Å². The van der Waals surface area contributed by atoms with Crippen LogP contribution in [0.3, 0.4) is 0 Å². The van der Waals surface area contributed by atoms with E-state index in [1.54, 1.807) is 20.3 Å². The summed E-state index contributed by atoms with van der Waals surface area (Å²) in [4.78, 5) is 12.0. The molecule has 1 N–H and O–H groups in total. The average Bonchev–Trinajstić information content (AvgIpc) is 2.61. The van der Waals surface area contributed by atoms with Crippen LogP contribution in [-0.2, 0) is 16.1 Å². The van der Waals surface area contributed by atoms with E-state index >= 15 is 0 Å². The van der Waals surface area contributed by atoms with E-state index in [4.69, 9.17) is 14.2 Å². The van der Waals surface area contributed by atoms with Gasteiger partial charge in [0.15, 0.2) is 0 Å². The number of benzene rings is 2. The highest BCUT2D eigenvalue weighted by molar-refractivity contribution is 5.77. The molecular weight excluding hydrogens is 306 g/mol. The average molecular weight is 329 g/mol. The standard InChI is InChI=1S/C19H23NO4/c1-14(17-10-9-16(22-2)11-18(17)23-3)20-19(21)13-24-12-15-7-5-4-6-8-15/h4-11,14H,12-13H2,1-3H3,(H,20,21). The number of amides is 1. The van der Waals surface area contributed by atoms with Crippen molar-refractivity contribution in [3.8, 4) is 11.5 Å². The quantitative estimate of drug-likeness (QED) is 0.808. The van der Waals surface area contributed by atoms with Crippen molar-refractivity contribution in [2.45, 2.75) is 19.6 Å². The smallest absolute Gasteiger partial charge is 0.246 e. The molecular formula is C19H23NO4. The van der Waals surface area contributed by atoms with Crippen LogP contribution in [0.1, 0.15) is 24.1 Å². The molecule has 24 heavy (non-hydrogen) atoms. The topological polar surface area (TPSA) is 56.8 Å². The summed E-state index contributed by atoms with van der Waals surface area (Å²) in [5.74, 6) is 1.21. The van der Waals surface area contributed by atoms with E-state index < -0.39 is 0 Å². The molecule has 0 aromatic heterocycles. The molecule has 128 valence electrons. The Bertz CT molecular complexity index is 658. The Morgan fingerprint density at radius 2 is 1.83 bits per heavy atom. The first-order valence-electron chi connectivity index (χ1n) is 7.77. The van der Waals surface area contributed by atoms with Gasteiger partial charge in [-0.15, -0.1) is 0 Å². The number of ether oxygens (including phenoxy) is 3. The summed E-state index contributed by atoms with van der Waals surface area (Å²) in [6, 6.07) is 15.1. The van der Waals surface area contributed by atoms with Crippen LogP contribution in [0.15, 0.2) is 48.5 Å². The van der Waals surface area contributed by atoms with Crippen LogP contribution in [0.25, 0.3) is 0 Å². The summed E-state index contributed by atoms with van der Waals surface area (Å²) in [5, 5.41) is 2.91. The fourth-order valence-corrected chi connectivity index (χ4v) is 2.37. The first kappa shape index (κ1) is 17.8. The van der Waals surface area contributed by atoms with Crippen LogP contribution in [0.4, 0.5) is 0 Å². The van der Waals surface area contributed by atoms with Gasteiger partial charge in [-0.25, -0.2) is 0 Å². The van der Waals surface area contributed by atoms with Gasteiger partial charge in [0, 0.05) is 11.6 Å². The largest absolute Gasteiger partial charge is 0.497 e. The van der Waals surface area contributed by atoms with Crippen molar-refractivity contribution in [2.75, 3.05) is 20.8 Å². The van der Waals surface area contributed by atoms with Gasteiger partial charge >= 0.3 is 0 Å². The third-order valence-corrected chi connectivity index (χ3v) is 3.63. The Morgan fingerprint density at radius 3 is 2.50 bits per heavy atom. The van der Waals surface area contributed by atoms with Crippen LogP contribution in [0, 0.1) is 0 Å². The van der Waals surface area contributed by atoms with Crippen LogP contribution < -0.4 is 14.8 Å². The van der Waals surface area contributed by atoms with Crippen molar-refractivity contribution >= 4 is 5.91 Å². The molecule has 0 spiro atoms. The molecule has 5 heteroatoms. The van der Waals surface area contributed by atoms with Gasteiger partial charge in [-0.1, -0.05) is 30.3 Å². The summed E-state index contributed by atoms with van der Waals surface area (Å²) >= 11 is 0. The Morgan fingerprint density at radius 1 is 1.08 bits per heavy atom. The molecule has 0 heterocycles. The lowest BCUT2D eigenvalue weighted by atomic mass is 10.1. The lowest BCUT2D eigenvalue weighted by Gasteiger charge is -2.18. The van der Waals surface area contributed by atoms with E-state index in [1.165, 1.54) is 0 Å². The Labute approximate surface area is 142 Å². The fourth-order valence-electron chi connectivity index (χ4n) is 2.37. The summed E-state index contributed by atoms with van der Waals surface area (Å²) < 4.78 is 16.0. The summed E-state index contributed by atoms with van der Waals surface area (Å²) in [5.41, 5.74) is 1.92. The van der Waals surface area contributed by atoms with Crippen molar-refractivity contribution in [2.24, 2.45) is 0 Å². The van der Waals surface area contributed by atoms with Gasteiger partial charge in [0.2, 0.25) is 5.91 Å². The van der Waals surface area contributed by atoms with Gasteiger partial charge in [-0.3, -0.25) is 4.79 Å². The van der Waals surface area contributed by atoms with Gasteiger partial charge in [-0.05, 0) is 24.6 Å². The molecule has 2 aromatic carbocycles. The normalized spacial score (nSPS) is 11.6. The molecule has 0 fully saturated rings. The van der Waals surface area contributed by atoms with Crippen molar-refractivity contribution < 1.29 is 19.0 Å². The van der Waals surface area contributed by atoms with E-state index in [-0.39, 0.29) is 18.6 Å². The second-order valence-electron chi connectivity index (χ2n) is 5.38. The van der Waals surface area contributed by atoms with E-state index in [9.17, 15) is 4.79 Å². The third kappa shape index (κ3) is 4.99. The van der Waals surface area contributed by atoms with Gasteiger partial charge in [-0.2, -0.15) is 0 Å². The number of hydrogen-bond acceptors (Lipinski definition) is 4. The van der Waals surface area contributed by atoms with Crippen molar-refractivity contribution in [3.05, 3.63) is 59.7 Å². The predicted molar refractivity (Wildman–Crippen MR) is 92.2 cm³/mol. The van der Waals surface area contributed by atoms with E-state index in [2.05, 4.69) is 5.32 Å². The minimum atomic E-state index is -0.196. The zero-order valence-electron chi connectivity index (χ0n) is 14.2. The third-order valence-electron chi connectivity index (χ3n) is 3.63. The first-order chi connectivity index (χ1) is 11.6. The zero-order chi connectivity index (χ0) is 17.4. The molecule has 0 radical (unpaired) electrons. The maximum Gasteiger partial charge on any atom is 0.246 e. The van der Waals surface area contributed by atoms with Crippen molar-refractivity contribution in [1.29, 1.82) is 0 Å². The minimum Gasteiger partial charge on any atom is -0.497 e. The second-order valence-corrected chi connectivity index (χ2v) is 5.38. The minimum absolute atomic E-state index is 0.0116. The van der Waals surface area contributed by atoms with Gasteiger partial charge in [0.05, 0.1) is 26.9 Å². The number of hydrogen-bond donors (Lipinski definition) is 1. The molecule has 1 unspecified atom stereocenters. The molecule has 1 atom stereocenters. The summed E-state index contributed by atoms with van der Waals surface area (Å²) in [6.07, 6.45) is 0. The highest BCUT2D eigenvalue weighted by Gasteiger charge is 2.15. The summed E-state index contributed by atoms with van der Waals surface area (Å²) in [6.45, 7) is 2.33. The molecule has 1 amide bonds. The molecule has 2 aromatic rings. The number of carbonyl (C=O) groups is 1. The predicted octanol–water partition coefficient (Wildman–Crippen LogP) is 3.10. The highest BCUT2D eigenvalue weighted by Crippen LogP contribution is 2.29. The van der Waals surface area contributed by atoms with Crippen LogP contribution in [0.2, 0.25) is 0 Å². The van der Waals surface area contributed by atoms with Crippen LogP contribution >= 0.6 is 0 Å². The SMILES string of the molecule is COc1ccc(C(C)NC(=O)COCc2ccccc2)c(OC)c1. The monoisotopic (exact) mass is 329 g/mol. The molecule has 0 bridgehead atoms. The molecule has 0 saturated carbocycles. The van der Waals surface area contributed by atoms with E-state index in [0.717, 1.165) is 11.1 Å². The Balaban J connectivity index is 1.87. The Kier molecular flexibility index (Phi) is 6.63. The number of rotatable bonds is 8. The molecule has 0 aliphatic rings. The molecule has 0 aliphatic carbocycles. The first-order valence-corrected chi connectivity index (χ1v) is 7.77. The maximum atomic E-state index is 12.0. The van der Waals surface area contributed by atoms with Crippen LogP contribution in [-0.4, -0.2) is 26.7 Å². The molecule has 0 saturated heterocycles. The van der Waals surface area contributed by atoms with Crippen LogP contribution in [0.5, 0.6) is 11.5 Å². The lowest BCUT2D eigenvalue weighted by molar-refractivity contribution is -0.126. The molecule has 2 rings (SSSR count). The fraction of sp³-hybridized carbons (Fsp3) is 0.316. The number of nitrogens with one attached hydrogen (secondary N) is 1. The number of methoxy groups -OCH3 is 2. The Hall–Kier alpha value is -2.53. The lowest BCUT2D eigenvalue weighted by Crippen LogP contribution is -2.30. The second kappa shape index (κ2) is 8.93. The number of carbonyl (C=O) groups excluding carboxylic acids is 1. The summed E-state index contributed by atoms with van der Waals surface area (Å²) in [7, 11) is 3.19.